The molecule has 2 amide bonds. The van der Waals surface area contributed by atoms with Crippen LogP contribution in [0.3, 0.4) is 0 Å². The lowest BCUT2D eigenvalue weighted by atomic mass is 9.97. The van der Waals surface area contributed by atoms with E-state index >= 15 is 0 Å². The summed E-state index contributed by atoms with van der Waals surface area (Å²) in [4.78, 5) is 26.0. The Morgan fingerprint density at radius 2 is 2.11 bits per heavy atom. The number of hydrogen-bond acceptors (Lipinski definition) is 3. The number of amides is 2. The smallest absolute Gasteiger partial charge is 0.333 e. The summed E-state index contributed by atoms with van der Waals surface area (Å²) in [5.41, 5.74) is 7.43. The molecule has 27 heavy (non-hydrogen) atoms. The standard InChI is InChI=1S/C19H22F2N4O2/c1-12-16(11-25(23-12)19(20)21)13-5-4-6-14(9-13)18(27)24-8-3-2-7-15(24)10-17(22)26/h4-6,9,11,15,19H,2-3,7-8,10H2,1H3,(H2,22,26)/t15-/m0/s1. The van der Waals surface area contributed by atoms with Crippen molar-refractivity contribution in [3.05, 3.63) is 41.7 Å². The van der Waals surface area contributed by atoms with Crippen LogP contribution in [0.1, 0.15) is 48.3 Å². The molecule has 2 aromatic rings. The molecule has 0 radical (unpaired) electrons. The van der Waals surface area contributed by atoms with Crippen LogP contribution in [0, 0.1) is 6.92 Å². The van der Waals surface area contributed by atoms with Gasteiger partial charge in [-0.2, -0.15) is 13.9 Å². The van der Waals surface area contributed by atoms with Gasteiger partial charge in [-0.3, -0.25) is 9.59 Å². The van der Waals surface area contributed by atoms with Crippen LogP contribution in [0.4, 0.5) is 8.78 Å². The molecule has 2 N–H and O–H groups in total. The molecule has 1 aliphatic rings. The van der Waals surface area contributed by atoms with Crippen LogP contribution < -0.4 is 5.73 Å². The summed E-state index contributed by atoms with van der Waals surface area (Å²) in [6.45, 7) is -0.496. The normalized spacial score (nSPS) is 17.3. The number of benzene rings is 1. The van der Waals surface area contributed by atoms with E-state index in [1.54, 1.807) is 36.1 Å². The first-order valence-electron chi connectivity index (χ1n) is 8.90. The molecule has 1 aromatic heterocycles. The molecular weight excluding hydrogens is 354 g/mol. The minimum Gasteiger partial charge on any atom is -0.370 e. The highest BCUT2D eigenvalue weighted by molar-refractivity contribution is 5.96. The molecule has 1 atom stereocenters. The van der Waals surface area contributed by atoms with Gasteiger partial charge in [0.05, 0.1) is 5.69 Å². The van der Waals surface area contributed by atoms with Crippen LogP contribution in [0.5, 0.6) is 0 Å². The third kappa shape index (κ3) is 4.15. The number of carbonyl (C=O) groups excluding carboxylic acids is 2. The first-order chi connectivity index (χ1) is 12.9. The number of halogens is 2. The van der Waals surface area contributed by atoms with Crippen molar-refractivity contribution >= 4 is 11.8 Å². The van der Waals surface area contributed by atoms with E-state index in [2.05, 4.69) is 5.10 Å². The zero-order chi connectivity index (χ0) is 19.6. The summed E-state index contributed by atoms with van der Waals surface area (Å²) < 4.78 is 26.4. The molecule has 0 spiro atoms. The Labute approximate surface area is 155 Å². The summed E-state index contributed by atoms with van der Waals surface area (Å²) in [6.07, 6.45) is 4.00. The molecule has 1 aliphatic heterocycles. The molecule has 3 rings (SSSR count). The fourth-order valence-corrected chi connectivity index (χ4v) is 3.56. The van der Waals surface area contributed by atoms with Crippen LogP contribution in [-0.4, -0.2) is 39.1 Å². The van der Waals surface area contributed by atoms with Crippen molar-refractivity contribution in [2.24, 2.45) is 5.73 Å². The quantitative estimate of drug-likeness (QED) is 0.870. The highest BCUT2D eigenvalue weighted by atomic mass is 19.3. The monoisotopic (exact) mass is 376 g/mol. The van der Waals surface area contributed by atoms with Gasteiger partial charge in [0.15, 0.2) is 0 Å². The number of piperidine rings is 1. The number of primary amides is 1. The Hall–Kier alpha value is -2.77. The van der Waals surface area contributed by atoms with Gasteiger partial charge in [-0.1, -0.05) is 12.1 Å². The van der Waals surface area contributed by atoms with Crippen molar-refractivity contribution in [1.82, 2.24) is 14.7 Å². The van der Waals surface area contributed by atoms with Gasteiger partial charge in [0.2, 0.25) is 5.91 Å². The first kappa shape index (κ1) is 19.0. The van der Waals surface area contributed by atoms with Crippen molar-refractivity contribution in [3.8, 4) is 11.1 Å². The van der Waals surface area contributed by atoms with Crippen molar-refractivity contribution in [3.63, 3.8) is 0 Å². The van der Waals surface area contributed by atoms with E-state index in [0.29, 0.717) is 33.6 Å². The number of carbonyl (C=O) groups is 2. The Morgan fingerprint density at radius 1 is 1.33 bits per heavy atom. The summed E-state index contributed by atoms with van der Waals surface area (Å²) in [5.74, 6) is -0.606. The fourth-order valence-electron chi connectivity index (χ4n) is 3.56. The summed E-state index contributed by atoms with van der Waals surface area (Å²) >= 11 is 0. The predicted molar refractivity (Wildman–Crippen MR) is 96.1 cm³/mol. The average molecular weight is 376 g/mol. The van der Waals surface area contributed by atoms with E-state index in [1.807, 2.05) is 0 Å². The second-order valence-corrected chi connectivity index (χ2v) is 6.79. The maximum atomic E-state index is 13.0. The zero-order valence-corrected chi connectivity index (χ0v) is 15.1. The van der Waals surface area contributed by atoms with Gasteiger partial charge in [-0.05, 0) is 43.9 Å². The second-order valence-electron chi connectivity index (χ2n) is 6.79. The number of rotatable bonds is 5. The number of aromatic nitrogens is 2. The van der Waals surface area contributed by atoms with Crippen molar-refractivity contribution in [1.29, 1.82) is 0 Å². The number of alkyl halides is 2. The van der Waals surface area contributed by atoms with Crippen LogP contribution >= 0.6 is 0 Å². The molecule has 0 unspecified atom stereocenters. The highest BCUT2D eigenvalue weighted by Crippen LogP contribution is 2.27. The maximum Gasteiger partial charge on any atom is 0.333 e. The van der Waals surface area contributed by atoms with Crippen molar-refractivity contribution < 1.29 is 18.4 Å². The minimum atomic E-state index is -2.72. The Bertz CT molecular complexity index is 850. The third-order valence-corrected chi connectivity index (χ3v) is 4.86. The van der Waals surface area contributed by atoms with Crippen molar-refractivity contribution in [2.75, 3.05) is 6.54 Å². The molecule has 144 valence electrons. The molecular formula is C19H22F2N4O2. The molecule has 0 bridgehead atoms. The van der Waals surface area contributed by atoms with Gasteiger partial charge in [0, 0.05) is 36.3 Å². The van der Waals surface area contributed by atoms with Gasteiger partial charge < -0.3 is 10.6 Å². The Morgan fingerprint density at radius 3 is 2.78 bits per heavy atom. The molecule has 1 fully saturated rings. The summed E-state index contributed by atoms with van der Waals surface area (Å²) in [6, 6.07) is 6.64. The van der Waals surface area contributed by atoms with E-state index < -0.39 is 12.5 Å². The minimum absolute atomic E-state index is 0.145. The second kappa shape index (κ2) is 7.85. The highest BCUT2D eigenvalue weighted by Gasteiger charge is 2.28. The van der Waals surface area contributed by atoms with Gasteiger partial charge >= 0.3 is 6.55 Å². The fraction of sp³-hybridized carbons (Fsp3) is 0.421. The van der Waals surface area contributed by atoms with Crippen LogP contribution in [0.2, 0.25) is 0 Å². The van der Waals surface area contributed by atoms with Crippen molar-refractivity contribution in [2.45, 2.75) is 45.2 Å². The molecule has 1 saturated heterocycles. The SMILES string of the molecule is Cc1nn(C(F)F)cc1-c1cccc(C(=O)N2CCCC[C@H]2CC(N)=O)c1. The Kier molecular flexibility index (Phi) is 5.53. The Balaban J connectivity index is 1.88. The number of aryl methyl sites for hydroxylation is 1. The zero-order valence-electron chi connectivity index (χ0n) is 15.1. The molecule has 0 saturated carbocycles. The van der Waals surface area contributed by atoms with Crippen LogP contribution in [-0.2, 0) is 4.79 Å². The van der Waals surface area contributed by atoms with E-state index in [0.717, 1.165) is 19.3 Å². The predicted octanol–water partition coefficient (Wildman–Crippen LogP) is 3.12. The topological polar surface area (TPSA) is 81.2 Å². The molecule has 1 aromatic carbocycles. The number of nitrogens with zero attached hydrogens (tertiary/aromatic N) is 3. The van der Waals surface area contributed by atoms with Gasteiger partial charge in [0.1, 0.15) is 0 Å². The summed E-state index contributed by atoms with van der Waals surface area (Å²) in [5, 5.41) is 3.82. The van der Waals surface area contributed by atoms with Gasteiger partial charge in [-0.15, -0.1) is 0 Å². The molecule has 6 nitrogen and oxygen atoms in total. The van der Waals surface area contributed by atoms with Gasteiger partial charge in [0.25, 0.3) is 5.91 Å². The number of nitrogens with two attached hydrogens (primary N) is 1. The van der Waals surface area contributed by atoms with E-state index in [9.17, 15) is 18.4 Å². The van der Waals surface area contributed by atoms with Gasteiger partial charge in [-0.25, -0.2) is 4.68 Å². The van der Waals surface area contributed by atoms with E-state index in [-0.39, 0.29) is 18.4 Å². The van der Waals surface area contributed by atoms with Crippen LogP contribution in [0.15, 0.2) is 30.5 Å². The lowest BCUT2D eigenvalue weighted by molar-refractivity contribution is -0.119. The lowest BCUT2D eigenvalue weighted by Gasteiger charge is -2.35. The molecule has 8 heteroatoms. The third-order valence-electron chi connectivity index (χ3n) is 4.86. The first-order valence-corrected chi connectivity index (χ1v) is 8.90. The van der Waals surface area contributed by atoms with Crippen LogP contribution in [0.25, 0.3) is 11.1 Å². The molecule has 2 heterocycles. The van der Waals surface area contributed by atoms with E-state index in [1.165, 1.54) is 6.20 Å². The largest absolute Gasteiger partial charge is 0.370 e. The summed E-state index contributed by atoms with van der Waals surface area (Å²) in [7, 11) is 0. The average Bonchev–Trinajstić information content (AvgIpc) is 3.03. The number of likely N-dealkylation sites (tertiary alicyclic amines) is 1. The van der Waals surface area contributed by atoms with E-state index in [4.69, 9.17) is 5.73 Å². The molecule has 0 aliphatic carbocycles. The lowest BCUT2D eigenvalue weighted by Crippen LogP contribution is -2.45. The number of hydrogen-bond donors (Lipinski definition) is 1. The maximum absolute atomic E-state index is 13.0.